The van der Waals surface area contributed by atoms with Crippen molar-refractivity contribution in [3.8, 4) is 0 Å². The molecule has 1 aliphatic heterocycles. The van der Waals surface area contributed by atoms with E-state index in [2.05, 4.69) is 40.2 Å². The Kier molecular flexibility index (Phi) is 2.78. The molecule has 0 atom stereocenters. The van der Waals surface area contributed by atoms with Gasteiger partial charge in [-0.05, 0) is 35.7 Å². The Bertz CT molecular complexity index is 805. The zero-order valence-corrected chi connectivity index (χ0v) is 11.8. The predicted octanol–water partition coefficient (Wildman–Crippen LogP) is 3.38. The maximum Gasteiger partial charge on any atom is 0.0722 e. The van der Waals surface area contributed by atoms with E-state index in [1.165, 1.54) is 22.2 Å². The molecule has 3 heteroatoms. The first-order valence-corrected chi connectivity index (χ1v) is 7.28. The Hall–Kier alpha value is -2.55. The summed E-state index contributed by atoms with van der Waals surface area (Å²) in [4.78, 5) is 6.85. The summed E-state index contributed by atoms with van der Waals surface area (Å²) >= 11 is 0. The van der Waals surface area contributed by atoms with Crippen LogP contribution in [0.25, 0.3) is 10.9 Å². The molecule has 0 unspecified atom stereocenters. The summed E-state index contributed by atoms with van der Waals surface area (Å²) in [5, 5.41) is 1.21. The molecule has 3 nitrogen and oxygen atoms in total. The monoisotopic (exact) mass is 275 g/mol. The van der Waals surface area contributed by atoms with Crippen LogP contribution < -0.4 is 10.6 Å². The smallest absolute Gasteiger partial charge is 0.0722 e. The predicted molar refractivity (Wildman–Crippen MR) is 87.4 cm³/mol. The van der Waals surface area contributed by atoms with Crippen LogP contribution in [0.5, 0.6) is 0 Å². The van der Waals surface area contributed by atoms with Gasteiger partial charge in [-0.3, -0.25) is 4.98 Å². The average Bonchev–Trinajstić information content (AvgIpc) is 2.54. The van der Waals surface area contributed by atoms with Crippen LogP contribution in [-0.4, -0.2) is 11.5 Å². The van der Waals surface area contributed by atoms with Gasteiger partial charge in [-0.25, -0.2) is 0 Å². The number of para-hydroxylation sites is 1. The van der Waals surface area contributed by atoms with Crippen LogP contribution in [0.4, 0.5) is 11.4 Å². The number of benzene rings is 2. The lowest BCUT2D eigenvalue weighted by Gasteiger charge is -2.32. The first-order valence-electron chi connectivity index (χ1n) is 7.28. The second-order valence-corrected chi connectivity index (χ2v) is 5.50. The van der Waals surface area contributed by atoms with Crippen molar-refractivity contribution in [1.29, 1.82) is 0 Å². The Morgan fingerprint density at radius 2 is 1.90 bits per heavy atom. The van der Waals surface area contributed by atoms with Crippen molar-refractivity contribution in [1.82, 2.24) is 4.98 Å². The Balaban J connectivity index is 1.79. The fraction of sp³-hybridized carbons (Fsp3) is 0.167. The molecule has 1 aromatic heterocycles. The van der Waals surface area contributed by atoms with Crippen molar-refractivity contribution in [3.63, 3.8) is 0 Å². The van der Waals surface area contributed by atoms with E-state index in [0.717, 1.165) is 30.7 Å². The molecule has 2 heterocycles. The Morgan fingerprint density at radius 1 is 1.00 bits per heavy atom. The summed E-state index contributed by atoms with van der Waals surface area (Å²) in [6, 6.07) is 16.6. The fourth-order valence-electron chi connectivity index (χ4n) is 3.17. The van der Waals surface area contributed by atoms with Gasteiger partial charge >= 0.3 is 0 Å². The van der Waals surface area contributed by atoms with Gasteiger partial charge in [0.25, 0.3) is 0 Å². The van der Waals surface area contributed by atoms with Crippen LogP contribution in [0.3, 0.4) is 0 Å². The number of nitrogens with zero attached hydrogens (tertiary/aromatic N) is 2. The molecule has 1 aliphatic rings. The number of pyridine rings is 1. The van der Waals surface area contributed by atoms with Gasteiger partial charge in [0.15, 0.2) is 0 Å². The molecule has 0 radical (unpaired) electrons. The standard InChI is InChI=1S/C18H17N3/c19-16-6-3-4-13-9-11-21(12-15(13)16)18-8-10-20-17-7-2-1-5-14(17)18/h1-8,10H,9,11-12,19H2. The van der Waals surface area contributed by atoms with Crippen molar-refractivity contribution in [3.05, 3.63) is 65.9 Å². The van der Waals surface area contributed by atoms with Crippen molar-refractivity contribution < 1.29 is 0 Å². The number of fused-ring (bicyclic) bond motifs is 2. The summed E-state index contributed by atoms with van der Waals surface area (Å²) in [6.45, 7) is 1.89. The highest BCUT2D eigenvalue weighted by Gasteiger charge is 2.19. The van der Waals surface area contributed by atoms with E-state index >= 15 is 0 Å². The Morgan fingerprint density at radius 3 is 2.86 bits per heavy atom. The van der Waals surface area contributed by atoms with Crippen LogP contribution in [0.1, 0.15) is 11.1 Å². The van der Waals surface area contributed by atoms with Gasteiger partial charge in [0, 0.05) is 36.0 Å². The number of anilines is 2. The summed E-state index contributed by atoms with van der Waals surface area (Å²) in [5.41, 5.74) is 12.0. The summed E-state index contributed by atoms with van der Waals surface area (Å²) in [5.74, 6) is 0. The number of rotatable bonds is 1. The number of aromatic nitrogens is 1. The molecule has 0 spiro atoms. The number of hydrogen-bond donors (Lipinski definition) is 1. The van der Waals surface area contributed by atoms with Crippen molar-refractivity contribution in [2.75, 3.05) is 17.2 Å². The molecule has 104 valence electrons. The zero-order chi connectivity index (χ0) is 14.2. The third kappa shape index (κ3) is 2.02. The minimum Gasteiger partial charge on any atom is -0.398 e. The lowest BCUT2D eigenvalue weighted by atomic mass is 9.97. The molecule has 0 bridgehead atoms. The minimum atomic E-state index is 0.871. The molecule has 4 rings (SSSR count). The molecule has 3 aromatic rings. The van der Waals surface area contributed by atoms with E-state index in [1.54, 1.807) is 0 Å². The third-order valence-electron chi connectivity index (χ3n) is 4.28. The van der Waals surface area contributed by atoms with Crippen molar-refractivity contribution in [2.45, 2.75) is 13.0 Å². The topological polar surface area (TPSA) is 42.1 Å². The van der Waals surface area contributed by atoms with E-state index in [9.17, 15) is 0 Å². The lowest BCUT2D eigenvalue weighted by Crippen LogP contribution is -2.31. The molecule has 0 amide bonds. The highest BCUT2D eigenvalue weighted by molar-refractivity contribution is 5.91. The van der Waals surface area contributed by atoms with Gasteiger partial charge in [0.1, 0.15) is 0 Å². The third-order valence-corrected chi connectivity index (χ3v) is 4.28. The van der Waals surface area contributed by atoms with Crippen molar-refractivity contribution >= 4 is 22.3 Å². The highest BCUT2D eigenvalue weighted by atomic mass is 15.1. The van der Waals surface area contributed by atoms with Crippen LogP contribution in [-0.2, 0) is 13.0 Å². The van der Waals surface area contributed by atoms with Gasteiger partial charge in [0.2, 0.25) is 0 Å². The molecule has 0 saturated carbocycles. The fourth-order valence-corrected chi connectivity index (χ4v) is 3.17. The first kappa shape index (κ1) is 12.2. The SMILES string of the molecule is Nc1cccc2c1CN(c1ccnc3ccccc13)CC2. The molecule has 21 heavy (non-hydrogen) atoms. The molecule has 0 fully saturated rings. The largest absolute Gasteiger partial charge is 0.398 e. The van der Waals surface area contributed by atoms with Gasteiger partial charge in [-0.15, -0.1) is 0 Å². The number of hydrogen-bond acceptors (Lipinski definition) is 3. The first-order chi connectivity index (χ1) is 10.3. The maximum atomic E-state index is 6.16. The van der Waals surface area contributed by atoms with Crippen LogP contribution in [0.2, 0.25) is 0 Å². The molecular weight excluding hydrogens is 258 g/mol. The Labute approximate surface area is 124 Å². The van der Waals surface area contributed by atoms with Gasteiger partial charge < -0.3 is 10.6 Å². The normalized spacial score (nSPS) is 14.2. The van der Waals surface area contributed by atoms with Crippen LogP contribution in [0.15, 0.2) is 54.7 Å². The highest BCUT2D eigenvalue weighted by Crippen LogP contribution is 2.31. The second kappa shape index (κ2) is 4.77. The van der Waals surface area contributed by atoms with Crippen LogP contribution >= 0.6 is 0 Å². The lowest BCUT2D eigenvalue weighted by molar-refractivity contribution is 0.736. The summed E-state index contributed by atoms with van der Waals surface area (Å²) < 4.78 is 0. The van der Waals surface area contributed by atoms with E-state index in [4.69, 9.17) is 5.73 Å². The molecule has 0 saturated heterocycles. The summed E-state index contributed by atoms with van der Waals surface area (Å²) in [7, 11) is 0. The van der Waals surface area contributed by atoms with Crippen LogP contribution in [0, 0.1) is 0 Å². The minimum absolute atomic E-state index is 0.871. The number of nitrogens with two attached hydrogens (primary N) is 1. The quantitative estimate of drug-likeness (QED) is 0.692. The maximum absolute atomic E-state index is 6.16. The van der Waals surface area contributed by atoms with E-state index in [0.29, 0.717) is 0 Å². The zero-order valence-electron chi connectivity index (χ0n) is 11.8. The molecule has 2 N–H and O–H groups in total. The molecule has 0 aliphatic carbocycles. The van der Waals surface area contributed by atoms with Crippen molar-refractivity contribution in [2.24, 2.45) is 0 Å². The van der Waals surface area contributed by atoms with Gasteiger partial charge in [-0.1, -0.05) is 30.3 Å². The second-order valence-electron chi connectivity index (χ2n) is 5.50. The molecule has 2 aromatic carbocycles. The van der Waals surface area contributed by atoms with E-state index in [1.807, 2.05) is 24.4 Å². The van der Waals surface area contributed by atoms with E-state index in [-0.39, 0.29) is 0 Å². The van der Waals surface area contributed by atoms with Gasteiger partial charge in [-0.2, -0.15) is 0 Å². The summed E-state index contributed by atoms with van der Waals surface area (Å²) in [6.07, 6.45) is 2.93. The number of nitrogen functional groups attached to an aromatic ring is 1. The van der Waals surface area contributed by atoms with Gasteiger partial charge in [0.05, 0.1) is 5.52 Å². The molecular formula is C18H17N3. The average molecular weight is 275 g/mol. The van der Waals surface area contributed by atoms with E-state index < -0.39 is 0 Å².